The van der Waals surface area contributed by atoms with Crippen LogP contribution in [-0.4, -0.2) is 33.0 Å². The van der Waals surface area contributed by atoms with Crippen LogP contribution in [-0.2, 0) is 16.0 Å². The fourth-order valence-corrected chi connectivity index (χ4v) is 3.85. The number of hydrogen-bond donors (Lipinski definition) is 2. The Morgan fingerprint density at radius 1 is 1.13 bits per heavy atom. The molecule has 0 bridgehead atoms. The molecule has 8 nitrogen and oxygen atoms in total. The smallest absolute Gasteiger partial charge is 0.313 e. The molecule has 0 aliphatic rings. The lowest BCUT2D eigenvalue weighted by atomic mass is 10.2. The quantitative estimate of drug-likeness (QED) is 0.453. The van der Waals surface area contributed by atoms with Gasteiger partial charge >= 0.3 is 11.8 Å². The van der Waals surface area contributed by atoms with Crippen LogP contribution in [0.15, 0.2) is 53.9 Å². The maximum absolute atomic E-state index is 12.1. The van der Waals surface area contributed by atoms with Crippen molar-refractivity contribution in [2.24, 2.45) is 0 Å². The van der Waals surface area contributed by atoms with E-state index >= 15 is 0 Å². The summed E-state index contributed by atoms with van der Waals surface area (Å²) in [6.07, 6.45) is 0.469. The van der Waals surface area contributed by atoms with E-state index in [0.717, 1.165) is 16.2 Å². The lowest BCUT2D eigenvalue weighted by molar-refractivity contribution is -0.136. The molecule has 2 heterocycles. The van der Waals surface area contributed by atoms with Gasteiger partial charge < -0.3 is 10.6 Å². The molecule has 0 spiro atoms. The van der Waals surface area contributed by atoms with Crippen molar-refractivity contribution in [3.8, 4) is 17.5 Å². The van der Waals surface area contributed by atoms with Gasteiger partial charge in [0.05, 0.1) is 16.9 Å². The third-order valence-electron chi connectivity index (χ3n) is 4.42. The molecule has 0 saturated heterocycles. The number of hydrogen-bond acceptors (Lipinski definition) is 6. The number of fused-ring (bicyclic) bond motifs is 1. The van der Waals surface area contributed by atoms with E-state index < -0.39 is 11.8 Å². The van der Waals surface area contributed by atoms with Crippen LogP contribution in [0.5, 0.6) is 0 Å². The molecule has 2 N–H and O–H groups in total. The Kier molecular flexibility index (Phi) is 5.93. The van der Waals surface area contributed by atoms with Crippen molar-refractivity contribution in [2.75, 3.05) is 11.9 Å². The average molecular weight is 451 g/mol. The number of nitriles is 1. The highest BCUT2D eigenvalue weighted by Gasteiger charge is 2.16. The number of rotatable bonds is 5. The highest BCUT2D eigenvalue weighted by atomic mass is 35.5. The number of halogens is 1. The first-order valence-electron chi connectivity index (χ1n) is 9.22. The number of carbonyl (C=O) groups excluding carboxylic acids is 2. The molecule has 0 fully saturated rings. The van der Waals surface area contributed by atoms with Gasteiger partial charge in [0.25, 0.3) is 0 Å². The monoisotopic (exact) mass is 450 g/mol. The van der Waals surface area contributed by atoms with Crippen LogP contribution in [0, 0.1) is 11.3 Å². The number of anilines is 1. The van der Waals surface area contributed by atoms with E-state index in [4.69, 9.17) is 16.9 Å². The Labute approximate surface area is 186 Å². The minimum absolute atomic E-state index is 0.244. The van der Waals surface area contributed by atoms with Crippen LogP contribution in [0.1, 0.15) is 11.3 Å². The standard InChI is InChI=1S/C21H15ClN6O2S/c22-15-7-5-13(6-8-15)18-26-21-28(27-18)16(12-31-21)9-10-24-19(29)20(30)25-17-4-2-1-3-14(17)11-23/h1-8,12H,9-10H2,(H,24,29)(H,25,30). The number of nitrogens with one attached hydrogen (secondary N) is 2. The molecular formula is C21H15ClN6O2S. The van der Waals surface area contributed by atoms with E-state index in [-0.39, 0.29) is 12.1 Å². The lowest BCUT2D eigenvalue weighted by Gasteiger charge is -2.07. The zero-order valence-electron chi connectivity index (χ0n) is 16.0. The first-order valence-corrected chi connectivity index (χ1v) is 10.5. The van der Waals surface area contributed by atoms with Crippen molar-refractivity contribution in [1.82, 2.24) is 19.9 Å². The van der Waals surface area contributed by atoms with Gasteiger partial charge in [-0.15, -0.1) is 16.4 Å². The van der Waals surface area contributed by atoms with Crippen LogP contribution in [0.25, 0.3) is 16.3 Å². The second-order valence-corrected chi connectivity index (χ2v) is 7.75. The van der Waals surface area contributed by atoms with Gasteiger partial charge in [-0.3, -0.25) is 9.59 Å². The van der Waals surface area contributed by atoms with Crippen molar-refractivity contribution < 1.29 is 9.59 Å². The molecule has 4 aromatic rings. The summed E-state index contributed by atoms with van der Waals surface area (Å²) >= 11 is 7.37. The molecule has 0 aliphatic carbocycles. The molecule has 4 rings (SSSR count). The van der Waals surface area contributed by atoms with Crippen LogP contribution in [0.2, 0.25) is 5.02 Å². The van der Waals surface area contributed by atoms with Crippen molar-refractivity contribution in [2.45, 2.75) is 6.42 Å². The largest absolute Gasteiger partial charge is 0.347 e. The summed E-state index contributed by atoms with van der Waals surface area (Å²) in [4.78, 5) is 29.5. The summed E-state index contributed by atoms with van der Waals surface area (Å²) in [5.74, 6) is -1.02. The Hall–Kier alpha value is -3.74. The van der Waals surface area contributed by atoms with Gasteiger partial charge in [0.1, 0.15) is 6.07 Å². The van der Waals surface area contributed by atoms with Gasteiger partial charge in [-0.05, 0) is 36.4 Å². The van der Waals surface area contributed by atoms with Crippen LogP contribution < -0.4 is 10.6 Å². The summed E-state index contributed by atoms with van der Waals surface area (Å²) in [5, 5.41) is 21.2. The number of para-hydroxylation sites is 1. The summed E-state index contributed by atoms with van der Waals surface area (Å²) in [7, 11) is 0. The fourth-order valence-electron chi connectivity index (χ4n) is 2.87. The first kappa shape index (κ1) is 20.5. The number of nitrogens with zero attached hydrogens (tertiary/aromatic N) is 4. The number of carbonyl (C=O) groups is 2. The first-order chi connectivity index (χ1) is 15.0. The van der Waals surface area contributed by atoms with Gasteiger partial charge in [0.15, 0.2) is 5.82 Å². The van der Waals surface area contributed by atoms with E-state index in [2.05, 4.69) is 20.7 Å². The van der Waals surface area contributed by atoms with Gasteiger partial charge in [-0.25, -0.2) is 4.52 Å². The predicted octanol–water partition coefficient (Wildman–Crippen LogP) is 3.28. The maximum atomic E-state index is 12.1. The second kappa shape index (κ2) is 8.95. The molecule has 2 aromatic heterocycles. The third kappa shape index (κ3) is 4.55. The molecule has 0 radical (unpaired) electrons. The molecule has 2 aromatic carbocycles. The molecule has 0 unspecified atom stereocenters. The zero-order chi connectivity index (χ0) is 21.8. The molecule has 2 amide bonds. The number of benzene rings is 2. The molecular weight excluding hydrogens is 436 g/mol. The van der Waals surface area contributed by atoms with Crippen LogP contribution >= 0.6 is 22.9 Å². The Balaban J connectivity index is 1.37. The highest BCUT2D eigenvalue weighted by molar-refractivity contribution is 7.15. The minimum Gasteiger partial charge on any atom is -0.347 e. The molecule has 31 heavy (non-hydrogen) atoms. The fraction of sp³-hybridized carbons (Fsp3) is 0.0952. The van der Waals surface area contributed by atoms with Gasteiger partial charge in [0, 0.05) is 28.9 Å². The van der Waals surface area contributed by atoms with Crippen molar-refractivity contribution in [3.05, 3.63) is 70.2 Å². The maximum Gasteiger partial charge on any atom is 0.313 e. The number of amides is 2. The molecule has 0 atom stereocenters. The van der Waals surface area contributed by atoms with E-state index in [9.17, 15) is 9.59 Å². The van der Waals surface area contributed by atoms with Crippen molar-refractivity contribution in [3.63, 3.8) is 0 Å². The molecule has 154 valence electrons. The van der Waals surface area contributed by atoms with Crippen molar-refractivity contribution in [1.29, 1.82) is 5.26 Å². The van der Waals surface area contributed by atoms with E-state index in [1.165, 1.54) is 11.3 Å². The molecule has 10 heteroatoms. The van der Waals surface area contributed by atoms with Gasteiger partial charge in [0.2, 0.25) is 4.96 Å². The van der Waals surface area contributed by atoms with Gasteiger partial charge in [-0.1, -0.05) is 23.7 Å². The highest BCUT2D eigenvalue weighted by Crippen LogP contribution is 2.22. The van der Waals surface area contributed by atoms with E-state index in [1.807, 2.05) is 23.6 Å². The van der Waals surface area contributed by atoms with E-state index in [0.29, 0.717) is 23.0 Å². The number of aromatic nitrogens is 3. The summed E-state index contributed by atoms with van der Waals surface area (Å²) in [6.45, 7) is 0.244. The molecule has 0 aliphatic heterocycles. The van der Waals surface area contributed by atoms with E-state index in [1.54, 1.807) is 40.9 Å². The van der Waals surface area contributed by atoms with Gasteiger partial charge in [-0.2, -0.15) is 10.2 Å². The summed E-state index contributed by atoms with van der Waals surface area (Å²) < 4.78 is 1.73. The predicted molar refractivity (Wildman–Crippen MR) is 118 cm³/mol. The van der Waals surface area contributed by atoms with Crippen LogP contribution in [0.3, 0.4) is 0 Å². The lowest BCUT2D eigenvalue weighted by Crippen LogP contribution is -2.36. The average Bonchev–Trinajstić information content (AvgIpc) is 3.36. The normalized spacial score (nSPS) is 10.6. The zero-order valence-corrected chi connectivity index (χ0v) is 17.6. The second-order valence-electron chi connectivity index (χ2n) is 6.48. The third-order valence-corrected chi connectivity index (χ3v) is 5.54. The number of thiazole rings is 1. The van der Waals surface area contributed by atoms with Crippen molar-refractivity contribution >= 4 is 45.4 Å². The van der Waals surface area contributed by atoms with Crippen LogP contribution in [0.4, 0.5) is 5.69 Å². The Morgan fingerprint density at radius 3 is 2.68 bits per heavy atom. The molecule has 0 saturated carbocycles. The topological polar surface area (TPSA) is 112 Å². The summed E-state index contributed by atoms with van der Waals surface area (Å²) in [6, 6.07) is 15.7. The minimum atomic E-state index is -0.830. The Morgan fingerprint density at radius 2 is 1.90 bits per heavy atom. The summed E-state index contributed by atoms with van der Waals surface area (Å²) in [5.41, 5.74) is 2.30. The SMILES string of the molecule is N#Cc1ccccc1NC(=O)C(=O)NCCc1csc2nc(-c3ccc(Cl)cc3)nn12. The Bertz CT molecular complexity index is 1310.